The van der Waals surface area contributed by atoms with E-state index >= 15 is 0 Å². The lowest BCUT2D eigenvalue weighted by molar-refractivity contribution is 0.597. The molecule has 0 radical (unpaired) electrons. The number of allylic oxidation sites excluding steroid dienone is 1. The first-order valence-electron chi connectivity index (χ1n) is 4.59. The van der Waals surface area contributed by atoms with Gasteiger partial charge in [-0.05, 0) is 24.6 Å². The first-order chi connectivity index (χ1) is 7.03. The van der Waals surface area contributed by atoms with E-state index in [1.54, 1.807) is 19.1 Å². The lowest BCUT2D eigenvalue weighted by Crippen LogP contribution is -2.07. The van der Waals surface area contributed by atoms with Crippen molar-refractivity contribution in [1.29, 1.82) is 0 Å². The van der Waals surface area contributed by atoms with Crippen molar-refractivity contribution in [1.82, 2.24) is 0 Å². The zero-order valence-electron chi connectivity index (χ0n) is 8.48. The fraction of sp³-hybridized carbons (Fsp3) is 0.273. The second-order valence-electron chi connectivity index (χ2n) is 3.25. The maximum Gasteiger partial charge on any atom is 0.157 e. The summed E-state index contributed by atoms with van der Waals surface area (Å²) in [5, 5.41) is 0. The number of hydrogen-bond donors (Lipinski definition) is 0. The van der Waals surface area contributed by atoms with Gasteiger partial charge >= 0.3 is 0 Å². The van der Waals surface area contributed by atoms with Crippen LogP contribution < -0.4 is 0 Å². The molecule has 1 aromatic carbocycles. The number of halogens is 1. The van der Waals surface area contributed by atoms with Crippen LogP contribution in [0.25, 0.3) is 0 Å². The Balaban J connectivity index is 2.73. The molecule has 0 amide bonds. The summed E-state index contributed by atoms with van der Waals surface area (Å²) in [5.41, 5.74) is 0.612. The predicted octanol–water partition coefficient (Wildman–Crippen LogP) is 2.32. The minimum Gasteiger partial charge on any atom is -0.228 e. The van der Waals surface area contributed by atoms with Gasteiger partial charge in [0.05, 0.1) is 11.5 Å². The topological polar surface area (TPSA) is 34.1 Å². The summed E-state index contributed by atoms with van der Waals surface area (Å²) < 4.78 is 35.6. The largest absolute Gasteiger partial charge is 0.228 e. The van der Waals surface area contributed by atoms with Gasteiger partial charge in [0.1, 0.15) is 5.82 Å². The van der Waals surface area contributed by atoms with Crippen molar-refractivity contribution in [3.05, 3.63) is 47.8 Å². The molecule has 1 aromatic rings. The molecule has 82 valence electrons. The maximum atomic E-state index is 12.6. The van der Waals surface area contributed by atoms with E-state index in [1.165, 1.54) is 24.3 Å². The van der Waals surface area contributed by atoms with Crippen molar-refractivity contribution in [3.8, 4) is 0 Å². The average Bonchev–Trinajstić information content (AvgIpc) is 2.18. The summed E-state index contributed by atoms with van der Waals surface area (Å²) in [6, 6.07) is 5.51. The second-order valence-corrected chi connectivity index (χ2v) is 5.36. The van der Waals surface area contributed by atoms with E-state index in [1.807, 2.05) is 0 Å². The summed E-state index contributed by atoms with van der Waals surface area (Å²) in [7, 11) is -3.12. The van der Waals surface area contributed by atoms with Crippen LogP contribution in [-0.4, -0.2) is 14.2 Å². The van der Waals surface area contributed by atoms with Crippen molar-refractivity contribution < 1.29 is 12.8 Å². The summed E-state index contributed by atoms with van der Waals surface area (Å²) >= 11 is 0. The van der Waals surface area contributed by atoms with Gasteiger partial charge in [-0.3, -0.25) is 0 Å². The van der Waals surface area contributed by atoms with Crippen LogP contribution in [0.4, 0.5) is 4.39 Å². The molecule has 0 heterocycles. The molecule has 0 unspecified atom stereocenters. The van der Waals surface area contributed by atoms with Gasteiger partial charge in [0, 0.05) is 0 Å². The van der Waals surface area contributed by atoms with E-state index in [4.69, 9.17) is 0 Å². The van der Waals surface area contributed by atoms with Crippen molar-refractivity contribution in [3.63, 3.8) is 0 Å². The molecule has 0 N–H and O–H groups in total. The van der Waals surface area contributed by atoms with E-state index in [0.29, 0.717) is 5.56 Å². The third kappa shape index (κ3) is 4.25. The molecule has 0 aliphatic heterocycles. The highest BCUT2D eigenvalue weighted by molar-refractivity contribution is 7.90. The molecule has 0 saturated heterocycles. The molecule has 4 heteroatoms. The van der Waals surface area contributed by atoms with Crippen molar-refractivity contribution >= 4 is 9.84 Å². The SMILES string of the molecule is CC=CCS(=O)(=O)Cc1ccc(F)cc1. The van der Waals surface area contributed by atoms with Gasteiger partial charge in [-0.1, -0.05) is 24.3 Å². The molecule has 0 aliphatic rings. The highest BCUT2D eigenvalue weighted by atomic mass is 32.2. The fourth-order valence-corrected chi connectivity index (χ4v) is 2.44. The molecule has 0 bridgehead atoms. The standard InChI is InChI=1S/C11H13FO2S/c1-2-3-8-15(13,14)9-10-4-6-11(12)7-5-10/h2-7H,8-9H2,1H3. The van der Waals surface area contributed by atoms with Crippen LogP contribution in [0.2, 0.25) is 0 Å². The Morgan fingerprint density at radius 1 is 1.27 bits per heavy atom. The predicted molar refractivity (Wildman–Crippen MR) is 58.7 cm³/mol. The zero-order valence-corrected chi connectivity index (χ0v) is 9.30. The molecule has 0 fully saturated rings. The summed E-state index contributed by atoms with van der Waals surface area (Å²) in [5.74, 6) is -0.372. The lowest BCUT2D eigenvalue weighted by Gasteiger charge is -2.01. The number of sulfone groups is 1. The second kappa shape index (κ2) is 5.07. The van der Waals surface area contributed by atoms with Gasteiger partial charge in [-0.25, -0.2) is 12.8 Å². The molecular formula is C11H13FO2S. The summed E-state index contributed by atoms with van der Waals surface area (Å²) in [6.45, 7) is 1.77. The van der Waals surface area contributed by atoms with Crippen molar-refractivity contribution in [2.24, 2.45) is 0 Å². The van der Waals surface area contributed by atoms with Crippen LogP contribution in [0.3, 0.4) is 0 Å². The molecule has 0 spiro atoms. The fourth-order valence-electron chi connectivity index (χ4n) is 1.14. The summed E-state index contributed by atoms with van der Waals surface area (Å²) in [4.78, 5) is 0. The van der Waals surface area contributed by atoms with Crippen LogP contribution in [-0.2, 0) is 15.6 Å². The van der Waals surface area contributed by atoms with Crippen LogP contribution in [0, 0.1) is 5.82 Å². The molecule has 0 aromatic heterocycles. The van der Waals surface area contributed by atoms with Gasteiger partial charge in [-0.15, -0.1) is 0 Å². The molecule has 0 aliphatic carbocycles. The van der Waals surface area contributed by atoms with E-state index in [0.717, 1.165) is 0 Å². The van der Waals surface area contributed by atoms with Gasteiger partial charge in [0.15, 0.2) is 9.84 Å². The molecule has 0 atom stereocenters. The quantitative estimate of drug-likeness (QED) is 0.741. The van der Waals surface area contributed by atoms with Crippen molar-refractivity contribution in [2.75, 3.05) is 5.75 Å². The highest BCUT2D eigenvalue weighted by Crippen LogP contribution is 2.08. The molecule has 15 heavy (non-hydrogen) atoms. The summed E-state index contributed by atoms with van der Waals surface area (Å²) in [6.07, 6.45) is 3.29. The first kappa shape index (κ1) is 11.9. The molecule has 0 saturated carbocycles. The van der Waals surface area contributed by atoms with E-state index in [-0.39, 0.29) is 17.3 Å². The maximum absolute atomic E-state index is 12.6. The number of rotatable bonds is 4. The highest BCUT2D eigenvalue weighted by Gasteiger charge is 2.09. The smallest absolute Gasteiger partial charge is 0.157 e. The Morgan fingerprint density at radius 3 is 2.40 bits per heavy atom. The Kier molecular flexibility index (Phi) is 4.03. The molecule has 2 nitrogen and oxygen atoms in total. The number of hydrogen-bond acceptors (Lipinski definition) is 2. The van der Waals surface area contributed by atoms with Crippen LogP contribution in [0.1, 0.15) is 12.5 Å². The van der Waals surface area contributed by atoms with Gasteiger partial charge in [-0.2, -0.15) is 0 Å². The third-order valence-electron chi connectivity index (χ3n) is 1.89. The van der Waals surface area contributed by atoms with Gasteiger partial charge < -0.3 is 0 Å². The average molecular weight is 228 g/mol. The monoisotopic (exact) mass is 228 g/mol. The zero-order chi connectivity index (χ0) is 11.3. The van der Waals surface area contributed by atoms with Crippen LogP contribution in [0.5, 0.6) is 0 Å². The Hall–Kier alpha value is -1.16. The van der Waals surface area contributed by atoms with Gasteiger partial charge in [0.2, 0.25) is 0 Å². The van der Waals surface area contributed by atoms with E-state index in [9.17, 15) is 12.8 Å². The minimum absolute atomic E-state index is 0.0286. The number of benzene rings is 1. The normalized spacial score (nSPS) is 12.1. The van der Waals surface area contributed by atoms with Crippen molar-refractivity contribution in [2.45, 2.75) is 12.7 Å². The Morgan fingerprint density at radius 2 is 1.87 bits per heavy atom. The molecule has 1 rings (SSSR count). The van der Waals surface area contributed by atoms with Gasteiger partial charge in [0.25, 0.3) is 0 Å². The lowest BCUT2D eigenvalue weighted by atomic mass is 10.2. The first-order valence-corrected chi connectivity index (χ1v) is 6.41. The Labute approximate surface area is 89.4 Å². The van der Waals surface area contributed by atoms with Crippen LogP contribution in [0.15, 0.2) is 36.4 Å². The molecular weight excluding hydrogens is 215 g/mol. The van der Waals surface area contributed by atoms with Crippen LogP contribution >= 0.6 is 0 Å². The Bertz CT molecular complexity index is 432. The minimum atomic E-state index is -3.12. The third-order valence-corrected chi connectivity index (χ3v) is 3.36. The van der Waals surface area contributed by atoms with E-state index in [2.05, 4.69) is 0 Å². The van der Waals surface area contributed by atoms with E-state index < -0.39 is 9.84 Å².